The summed E-state index contributed by atoms with van der Waals surface area (Å²) in [4.78, 5) is 12.8. The summed E-state index contributed by atoms with van der Waals surface area (Å²) in [6, 6.07) is 5.97. The Kier molecular flexibility index (Phi) is 4.24. The standard InChI is InChI=1S/C13H9BrF2OS/c14-8-6-10(15)13(11(16)7-8)12(17)4-3-9-2-1-5-18-9/h1-2,5-7H,3-4H2. The molecule has 0 radical (unpaired) electrons. The molecule has 2 rings (SSSR count). The van der Waals surface area contributed by atoms with Crippen molar-refractivity contribution in [1.82, 2.24) is 0 Å². The molecule has 0 fully saturated rings. The molecule has 0 bridgehead atoms. The average Bonchev–Trinajstić information content (AvgIpc) is 2.77. The molecule has 0 aliphatic rings. The molecule has 1 aromatic heterocycles. The number of hydrogen-bond donors (Lipinski definition) is 0. The second kappa shape index (κ2) is 5.71. The zero-order chi connectivity index (χ0) is 13.1. The Morgan fingerprint density at radius 2 is 1.94 bits per heavy atom. The zero-order valence-electron chi connectivity index (χ0n) is 9.25. The SMILES string of the molecule is O=C(CCc1cccs1)c1c(F)cc(Br)cc1F. The number of carbonyl (C=O) groups is 1. The monoisotopic (exact) mass is 330 g/mol. The highest BCUT2D eigenvalue weighted by Gasteiger charge is 2.18. The van der Waals surface area contributed by atoms with Crippen LogP contribution in [0.1, 0.15) is 21.7 Å². The van der Waals surface area contributed by atoms with E-state index in [-0.39, 0.29) is 10.9 Å². The van der Waals surface area contributed by atoms with Gasteiger partial charge in [0.25, 0.3) is 0 Å². The first-order valence-corrected chi connectivity index (χ1v) is 6.95. The average molecular weight is 331 g/mol. The fourth-order valence-electron chi connectivity index (χ4n) is 1.63. The van der Waals surface area contributed by atoms with Gasteiger partial charge < -0.3 is 0 Å². The third-order valence-corrected chi connectivity index (χ3v) is 3.86. The Bertz CT molecular complexity index is 543. The van der Waals surface area contributed by atoms with Gasteiger partial charge in [-0.2, -0.15) is 0 Å². The van der Waals surface area contributed by atoms with E-state index in [2.05, 4.69) is 15.9 Å². The molecule has 0 unspecified atom stereocenters. The predicted molar refractivity (Wildman–Crippen MR) is 71.0 cm³/mol. The van der Waals surface area contributed by atoms with Gasteiger partial charge in [0.1, 0.15) is 11.6 Å². The molecule has 1 nitrogen and oxygen atoms in total. The number of ketones is 1. The van der Waals surface area contributed by atoms with E-state index in [1.54, 1.807) is 0 Å². The van der Waals surface area contributed by atoms with Crippen LogP contribution < -0.4 is 0 Å². The second-order valence-electron chi connectivity index (χ2n) is 3.75. The van der Waals surface area contributed by atoms with Crippen LogP contribution in [0.25, 0.3) is 0 Å². The van der Waals surface area contributed by atoms with E-state index in [1.807, 2.05) is 17.5 Å². The molecule has 0 amide bonds. The largest absolute Gasteiger partial charge is 0.294 e. The van der Waals surface area contributed by atoms with Crippen molar-refractivity contribution >= 4 is 33.0 Å². The van der Waals surface area contributed by atoms with E-state index in [9.17, 15) is 13.6 Å². The van der Waals surface area contributed by atoms with Crippen molar-refractivity contribution in [3.05, 3.63) is 56.2 Å². The van der Waals surface area contributed by atoms with Crippen LogP contribution in [0, 0.1) is 11.6 Å². The lowest BCUT2D eigenvalue weighted by molar-refractivity contribution is 0.0975. The molecule has 2 aromatic rings. The van der Waals surface area contributed by atoms with E-state index < -0.39 is 23.0 Å². The highest BCUT2D eigenvalue weighted by atomic mass is 79.9. The highest BCUT2D eigenvalue weighted by molar-refractivity contribution is 9.10. The summed E-state index contributed by atoms with van der Waals surface area (Å²) < 4.78 is 27.4. The molecule has 0 aliphatic heterocycles. The van der Waals surface area contributed by atoms with Gasteiger partial charge >= 0.3 is 0 Å². The molecule has 0 N–H and O–H groups in total. The minimum atomic E-state index is -0.821. The fraction of sp³-hybridized carbons (Fsp3) is 0.154. The normalized spacial score (nSPS) is 10.6. The molecule has 0 atom stereocenters. The summed E-state index contributed by atoms with van der Waals surface area (Å²) in [6.07, 6.45) is 0.613. The van der Waals surface area contributed by atoms with Gasteiger partial charge in [0.15, 0.2) is 5.78 Å². The maximum Gasteiger partial charge on any atom is 0.169 e. The molecule has 0 saturated heterocycles. The smallest absolute Gasteiger partial charge is 0.169 e. The lowest BCUT2D eigenvalue weighted by Crippen LogP contribution is -2.07. The maximum atomic E-state index is 13.5. The van der Waals surface area contributed by atoms with Gasteiger partial charge in [-0.15, -0.1) is 11.3 Å². The topological polar surface area (TPSA) is 17.1 Å². The Hall–Kier alpha value is -1.07. The summed E-state index contributed by atoms with van der Waals surface area (Å²) in [5.41, 5.74) is -0.449. The number of carbonyl (C=O) groups excluding carboxylic acids is 1. The van der Waals surface area contributed by atoms with Gasteiger partial charge in [-0.3, -0.25) is 4.79 Å². The molecule has 18 heavy (non-hydrogen) atoms. The van der Waals surface area contributed by atoms with Crippen LogP contribution in [-0.2, 0) is 6.42 Å². The summed E-state index contributed by atoms with van der Waals surface area (Å²) in [7, 11) is 0. The van der Waals surface area contributed by atoms with Crippen molar-refractivity contribution in [2.24, 2.45) is 0 Å². The molecular weight excluding hydrogens is 322 g/mol. The van der Waals surface area contributed by atoms with Crippen molar-refractivity contribution in [1.29, 1.82) is 0 Å². The van der Waals surface area contributed by atoms with Crippen molar-refractivity contribution < 1.29 is 13.6 Å². The summed E-state index contributed by atoms with van der Waals surface area (Å²) in [5.74, 6) is -2.15. The Labute approximate surface area is 116 Å². The van der Waals surface area contributed by atoms with Gasteiger partial charge in [0, 0.05) is 15.8 Å². The number of Topliss-reactive ketones (excluding diaryl/α,β-unsaturated/α-hetero) is 1. The van der Waals surface area contributed by atoms with Crippen molar-refractivity contribution in [2.45, 2.75) is 12.8 Å². The van der Waals surface area contributed by atoms with E-state index in [1.165, 1.54) is 11.3 Å². The first kappa shape index (κ1) is 13.4. The van der Waals surface area contributed by atoms with Crippen LogP contribution in [-0.4, -0.2) is 5.78 Å². The molecule has 0 aliphatic carbocycles. The Morgan fingerprint density at radius 3 is 2.50 bits per heavy atom. The van der Waals surface area contributed by atoms with Crippen LogP contribution >= 0.6 is 27.3 Å². The van der Waals surface area contributed by atoms with Crippen LogP contribution in [0.3, 0.4) is 0 Å². The number of thiophene rings is 1. The lowest BCUT2D eigenvalue weighted by Gasteiger charge is -2.04. The van der Waals surface area contributed by atoms with Crippen molar-refractivity contribution in [3.63, 3.8) is 0 Å². The minimum Gasteiger partial charge on any atom is -0.294 e. The number of rotatable bonds is 4. The van der Waals surface area contributed by atoms with Crippen LogP contribution in [0.5, 0.6) is 0 Å². The fourth-order valence-corrected chi connectivity index (χ4v) is 2.74. The maximum absolute atomic E-state index is 13.5. The molecule has 5 heteroatoms. The molecule has 1 aromatic carbocycles. The van der Waals surface area contributed by atoms with E-state index in [0.29, 0.717) is 6.42 Å². The van der Waals surface area contributed by atoms with Gasteiger partial charge in [-0.05, 0) is 30.0 Å². The summed E-state index contributed by atoms with van der Waals surface area (Å²) in [6.45, 7) is 0. The molecule has 1 heterocycles. The third-order valence-electron chi connectivity index (χ3n) is 2.46. The van der Waals surface area contributed by atoms with Gasteiger partial charge in [0.2, 0.25) is 0 Å². The van der Waals surface area contributed by atoms with E-state index in [4.69, 9.17) is 0 Å². The summed E-state index contributed by atoms with van der Waals surface area (Å²) >= 11 is 4.50. The molecule has 94 valence electrons. The summed E-state index contributed by atoms with van der Waals surface area (Å²) in [5, 5.41) is 1.90. The Morgan fingerprint density at radius 1 is 1.28 bits per heavy atom. The van der Waals surface area contributed by atoms with Gasteiger partial charge in [-0.1, -0.05) is 22.0 Å². The first-order valence-electron chi connectivity index (χ1n) is 5.28. The van der Waals surface area contributed by atoms with Crippen LogP contribution in [0.2, 0.25) is 0 Å². The third kappa shape index (κ3) is 3.03. The predicted octanol–water partition coefficient (Wildman–Crippen LogP) is 4.60. The molecular formula is C13H9BrF2OS. The van der Waals surface area contributed by atoms with Crippen molar-refractivity contribution in [2.75, 3.05) is 0 Å². The van der Waals surface area contributed by atoms with E-state index >= 15 is 0 Å². The lowest BCUT2D eigenvalue weighted by atomic mass is 10.0. The highest BCUT2D eigenvalue weighted by Crippen LogP contribution is 2.21. The quantitative estimate of drug-likeness (QED) is 0.748. The number of aryl methyl sites for hydroxylation is 1. The van der Waals surface area contributed by atoms with Gasteiger partial charge in [-0.25, -0.2) is 8.78 Å². The minimum absolute atomic E-state index is 0.107. The number of benzene rings is 1. The molecule has 0 spiro atoms. The first-order chi connectivity index (χ1) is 8.58. The van der Waals surface area contributed by atoms with Crippen molar-refractivity contribution in [3.8, 4) is 0 Å². The Balaban J connectivity index is 2.14. The van der Waals surface area contributed by atoms with Gasteiger partial charge in [0.05, 0.1) is 5.56 Å². The molecule has 0 saturated carbocycles. The second-order valence-corrected chi connectivity index (χ2v) is 5.69. The van der Waals surface area contributed by atoms with Crippen LogP contribution in [0.4, 0.5) is 8.78 Å². The van der Waals surface area contributed by atoms with Crippen LogP contribution in [0.15, 0.2) is 34.1 Å². The number of hydrogen-bond acceptors (Lipinski definition) is 2. The zero-order valence-corrected chi connectivity index (χ0v) is 11.7. The number of halogens is 3. The van der Waals surface area contributed by atoms with E-state index in [0.717, 1.165) is 17.0 Å².